The van der Waals surface area contributed by atoms with Crippen LogP contribution in [0.5, 0.6) is 0 Å². The van der Waals surface area contributed by atoms with Crippen LogP contribution >= 0.6 is 0 Å². The summed E-state index contributed by atoms with van der Waals surface area (Å²) >= 11 is 0. The van der Waals surface area contributed by atoms with Gasteiger partial charge in [-0.05, 0) is 83.6 Å². The Morgan fingerprint density at radius 2 is 0.826 bits per heavy atom. The molecule has 0 saturated heterocycles. The summed E-state index contributed by atoms with van der Waals surface area (Å²) in [7, 11) is -6.10. The largest absolute Gasteiger partial charge is 0.176 e. The first-order chi connectivity index (χ1) is 20.8. The molecule has 0 saturated carbocycles. The summed E-state index contributed by atoms with van der Waals surface area (Å²) in [4.78, 5) is 0. The zero-order valence-electron chi connectivity index (χ0n) is 32.8. The molecule has 2 unspecified atom stereocenters. The van der Waals surface area contributed by atoms with Gasteiger partial charge in [0.2, 0.25) is 0 Å². The summed E-state index contributed by atoms with van der Waals surface area (Å²) in [5, 5.41) is 9.63. The van der Waals surface area contributed by atoms with Gasteiger partial charge in [-0.25, -0.2) is 0 Å². The van der Waals surface area contributed by atoms with Gasteiger partial charge in [-0.2, -0.15) is 0 Å². The monoisotopic (exact) mass is 664 g/mol. The summed E-state index contributed by atoms with van der Waals surface area (Å²) in [6, 6.07) is 23.4. The SMILES string of the molecule is CC1=C(C)C(C)C([Si](c2cc(C)cc(C)c2)(c2cc(C(C)(C)C)cc(C(C)(C)C)c2)c2cc([Si](C)(C)C)cc([Si](C)(C)C)c2)=C1C. The molecule has 3 aromatic rings. The molecule has 1 aliphatic rings. The lowest BCUT2D eigenvalue weighted by atomic mass is 9.81. The molecule has 0 nitrogen and oxygen atoms in total. The highest BCUT2D eigenvalue weighted by atomic mass is 28.3. The maximum absolute atomic E-state index is 2.82. The Kier molecular flexibility index (Phi) is 9.58. The molecule has 0 bridgehead atoms. The second-order valence-corrected chi connectivity index (χ2v) is 32.7. The van der Waals surface area contributed by atoms with E-state index in [0.717, 1.165) is 0 Å². The van der Waals surface area contributed by atoms with Crippen molar-refractivity contribution in [2.75, 3.05) is 0 Å². The highest BCUT2D eigenvalue weighted by Crippen LogP contribution is 2.42. The highest BCUT2D eigenvalue weighted by molar-refractivity contribution is 7.16. The standard InChI is InChI=1S/C43H64Si3/c1-28-19-29(2)21-38(20-28)46(41-32(5)30(3)31(4)33(41)6,39-23-34(42(7,8)9)22-35(24-39)43(10,11)12)40-26-36(44(13,14)15)25-37(27-40)45(16,17)18/h19-27,32H,1-18H3. The molecule has 0 spiro atoms. The lowest BCUT2D eigenvalue weighted by molar-refractivity contribution is 0.569. The van der Waals surface area contributed by atoms with Crippen LogP contribution in [0.3, 0.4) is 0 Å². The van der Waals surface area contributed by atoms with Crippen LogP contribution in [0.2, 0.25) is 39.3 Å². The third-order valence-electron chi connectivity index (χ3n) is 10.9. The Bertz CT molecular complexity index is 1560. The molecule has 0 aromatic heterocycles. The Labute approximate surface area is 286 Å². The van der Waals surface area contributed by atoms with Gasteiger partial charge in [0, 0.05) is 0 Å². The predicted molar refractivity (Wildman–Crippen MR) is 217 cm³/mol. The van der Waals surface area contributed by atoms with Gasteiger partial charge in [0.1, 0.15) is 0 Å². The van der Waals surface area contributed by atoms with Crippen molar-refractivity contribution < 1.29 is 0 Å². The first kappa shape index (κ1) is 36.6. The third kappa shape index (κ3) is 6.71. The minimum Gasteiger partial charge on any atom is -0.0656 e. The molecular weight excluding hydrogens is 601 g/mol. The molecule has 0 fully saturated rings. The summed E-state index contributed by atoms with van der Waals surface area (Å²) in [6.07, 6.45) is 0. The average Bonchev–Trinajstić information content (AvgIpc) is 3.09. The van der Waals surface area contributed by atoms with Gasteiger partial charge in [0.25, 0.3) is 0 Å². The second kappa shape index (κ2) is 12.0. The van der Waals surface area contributed by atoms with Crippen LogP contribution in [0, 0.1) is 19.8 Å². The predicted octanol–water partition coefficient (Wildman–Crippen LogP) is 9.30. The Balaban J connectivity index is 2.43. The van der Waals surface area contributed by atoms with E-state index < -0.39 is 24.2 Å². The molecule has 248 valence electrons. The van der Waals surface area contributed by atoms with Crippen molar-refractivity contribution in [2.24, 2.45) is 5.92 Å². The van der Waals surface area contributed by atoms with E-state index in [0.29, 0.717) is 5.92 Å². The van der Waals surface area contributed by atoms with Gasteiger partial charge in [-0.15, -0.1) is 0 Å². The van der Waals surface area contributed by atoms with Crippen LogP contribution in [0.25, 0.3) is 0 Å². The van der Waals surface area contributed by atoms with Gasteiger partial charge >= 0.3 is 0 Å². The number of hydrogen-bond acceptors (Lipinski definition) is 0. The Morgan fingerprint density at radius 3 is 1.17 bits per heavy atom. The first-order valence-corrected chi connectivity index (χ1v) is 26.6. The molecule has 0 amide bonds. The van der Waals surface area contributed by atoms with Crippen molar-refractivity contribution in [3.63, 3.8) is 0 Å². The minimum atomic E-state index is -2.82. The molecule has 4 rings (SSSR count). The van der Waals surface area contributed by atoms with E-state index in [1.165, 1.54) is 33.4 Å². The van der Waals surface area contributed by atoms with Crippen molar-refractivity contribution in [1.82, 2.24) is 0 Å². The fourth-order valence-corrected chi connectivity index (χ4v) is 16.3. The fourth-order valence-electron chi connectivity index (χ4n) is 7.55. The normalized spacial score (nSPS) is 18.0. The maximum atomic E-state index is 2.72. The third-order valence-corrected chi connectivity index (χ3v) is 20.0. The van der Waals surface area contributed by atoms with Gasteiger partial charge in [-0.1, -0.05) is 180 Å². The Morgan fingerprint density at radius 1 is 0.457 bits per heavy atom. The highest BCUT2D eigenvalue weighted by Gasteiger charge is 2.49. The van der Waals surface area contributed by atoms with Gasteiger partial charge in [0.05, 0.1) is 16.1 Å². The smallest absolute Gasteiger partial charge is 0.0656 e. The minimum absolute atomic E-state index is 0.0388. The second-order valence-electron chi connectivity index (χ2n) is 18.8. The topological polar surface area (TPSA) is 0 Å². The van der Waals surface area contributed by atoms with Crippen LogP contribution in [0.4, 0.5) is 0 Å². The fraction of sp³-hybridized carbons (Fsp3) is 0.488. The summed E-state index contributed by atoms with van der Waals surface area (Å²) < 4.78 is 0. The number of aryl methyl sites for hydroxylation is 2. The van der Waals surface area contributed by atoms with Crippen molar-refractivity contribution in [3.05, 3.63) is 98.8 Å². The number of hydrogen-bond donors (Lipinski definition) is 0. The summed E-state index contributed by atoms with van der Waals surface area (Å²) in [5.74, 6) is 0.398. The molecule has 3 heteroatoms. The van der Waals surface area contributed by atoms with Crippen molar-refractivity contribution in [3.8, 4) is 0 Å². The van der Waals surface area contributed by atoms with Crippen molar-refractivity contribution in [1.29, 1.82) is 0 Å². The summed E-state index contributed by atoms with van der Waals surface area (Å²) in [5.41, 5.74) is 10.3. The zero-order valence-corrected chi connectivity index (χ0v) is 35.8. The van der Waals surface area contributed by atoms with Crippen molar-refractivity contribution in [2.45, 2.75) is 133 Å². The molecule has 0 heterocycles. The number of allylic oxidation sites excluding steroid dienone is 4. The Hall–Kier alpha value is -2.21. The molecule has 0 radical (unpaired) electrons. The zero-order chi connectivity index (χ0) is 34.9. The molecular formula is C43H64Si3. The van der Waals surface area contributed by atoms with Crippen LogP contribution in [-0.4, -0.2) is 24.2 Å². The molecule has 3 aromatic carbocycles. The van der Waals surface area contributed by atoms with Gasteiger partial charge in [0.15, 0.2) is 8.07 Å². The maximum Gasteiger partial charge on any atom is 0.176 e. The average molecular weight is 665 g/mol. The van der Waals surface area contributed by atoms with Crippen LogP contribution in [0.15, 0.2) is 76.5 Å². The lowest BCUT2D eigenvalue weighted by Crippen LogP contribution is -2.71. The quantitative estimate of drug-likeness (QED) is 0.182. The molecule has 0 aliphatic heterocycles. The van der Waals surface area contributed by atoms with Gasteiger partial charge in [-0.3, -0.25) is 0 Å². The molecule has 46 heavy (non-hydrogen) atoms. The van der Waals surface area contributed by atoms with E-state index in [9.17, 15) is 0 Å². The van der Waals surface area contributed by atoms with E-state index in [-0.39, 0.29) is 10.8 Å². The molecule has 1 aliphatic carbocycles. The lowest BCUT2D eigenvalue weighted by Gasteiger charge is -2.41. The van der Waals surface area contributed by atoms with Crippen LogP contribution < -0.4 is 25.9 Å². The van der Waals surface area contributed by atoms with E-state index in [4.69, 9.17) is 0 Å². The van der Waals surface area contributed by atoms with E-state index in [1.807, 2.05) is 0 Å². The first-order valence-electron chi connectivity index (χ1n) is 17.6. The number of rotatable bonds is 6. The van der Waals surface area contributed by atoms with Crippen LogP contribution in [0.1, 0.15) is 91.5 Å². The van der Waals surface area contributed by atoms with Gasteiger partial charge < -0.3 is 0 Å². The summed E-state index contributed by atoms with van der Waals surface area (Å²) in [6.45, 7) is 44.0. The molecule has 2 atom stereocenters. The molecule has 0 N–H and O–H groups in total. The number of benzene rings is 3. The van der Waals surface area contributed by atoms with E-state index in [2.05, 4.69) is 177 Å². The van der Waals surface area contributed by atoms with Crippen LogP contribution in [-0.2, 0) is 10.8 Å². The van der Waals surface area contributed by atoms with E-state index >= 15 is 0 Å². The van der Waals surface area contributed by atoms with E-state index in [1.54, 1.807) is 36.7 Å². The van der Waals surface area contributed by atoms with Crippen molar-refractivity contribution >= 4 is 50.2 Å².